The summed E-state index contributed by atoms with van der Waals surface area (Å²) in [5, 5.41) is 11.1. The Kier molecular flexibility index (Phi) is 1.15. The summed E-state index contributed by atoms with van der Waals surface area (Å²) in [6, 6.07) is 0. The predicted molar refractivity (Wildman–Crippen MR) is 24.5 cm³/mol. The molecule has 1 fully saturated rings. The quantitative estimate of drug-likeness (QED) is 0.278. The van der Waals surface area contributed by atoms with Gasteiger partial charge in [0.1, 0.15) is 6.54 Å². The fourth-order valence-electron chi connectivity index (χ4n) is 0.482. The zero-order valence-corrected chi connectivity index (χ0v) is 4.40. The minimum atomic E-state index is -0.583. The van der Waals surface area contributed by atoms with Gasteiger partial charge in [-0.25, -0.2) is 0 Å². The van der Waals surface area contributed by atoms with Crippen molar-refractivity contribution in [3.8, 4) is 0 Å². The zero-order valence-electron chi connectivity index (χ0n) is 4.40. The van der Waals surface area contributed by atoms with Gasteiger partial charge < -0.3 is 0 Å². The molecule has 0 aromatic rings. The molecule has 8 heavy (non-hydrogen) atoms. The summed E-state index contributed by atoms with van der Waals surface area (Å²) in [7, 11) is 1.42. The molecular formula is C3H6N2O3. The second-order valence-corrected chi connectivity index (χ2v) is 1.55. The lowest BCUT2D eigenvalue weighted by molar-refractivity contribution is -0.515. The molecule has 0 N–H and O–H groups in total. The van der Waals surface area contributed by atoms with Crippen molar-refractivity contribution in [2.45, 2.75) is 6.17 Å². The minimum absolute atomic E-state index is 0.372. The first-order valence-electron chi connectivity index (χ1n) is 2.20. The van der Waals surface area contributed by atoms with Crippen LogP contribution in [0.4, 0.5) is 0 Å². The van der Waals surface area contributed by atoms with E-state index in [-0.39, 0.29) is 4.92 Å². The Morgan fingerprint density at radius 3 is 2.75 bits per heavy atom. The Bertz CT molecular complexity index is 115. The predicted octanol–water partition coefficient (Wildman–Crippen LogP) is -0.534. The van der Waals surface area contributed by atoms with Gasteiger partial charge in [0.2, 0.25) is 0 Å². The molecule has 0 bridgehead atoms. The van der Waals surface area contributed by atoms with E-state index in [0.29, 0.717) is 6.54 Å². The standard InChI is InChI=1S/C3H6N2O3/c1-8-4-2-3(4)5(6)7/h3H,2H2,1H3. The number of hydroxylamine groups is 2. The maximum absolute atomic E-state index is 9.81. The van der Waals surface area contributed by atoms with Crippen LogP contribution in [0.2, 0.25) is 0 Å². The average molecular weight is 118 g/mol. The molecule has 2 atom stereocenters. The minimum Gasteiger partial charge on any atom is -0.296 e. The monoisotopic (exact) mass is 118 g/mol. The average Bonchev–Trinajstić information content (AvgIpc) is 2.42. The number of rotatable bonds is 2. The maximum atomic E-state index is 9.81. The molecule has 46 valence electrons. The number of nitrogens with zero attached hydrogens (tertiary/aromatic N) is 2. The van der Waals surface area contributed by atoms with E-state index in [0.717, 1.165) is 0 Å². The third-order valence-electron chi connectivity index (χ3n) is 1.02. The normalized spacial score (nSPS) is 34.6. The smallest absolute Gasteiger partial charge is 0.296 e. The number of hydrogen-bond acceptors (Lipinski definition) is 4. The highest BCUT2D eigenvalue weighted by molar-refractivity contribution is 4.69. The Balaban J connectivity index is 2.26. The number of nitro groups is 1. The van der Waals surface area contributed by atoms with E-state index < -0.39 is 6.17 Å². The van der Waals surface area contributed by atoms with Crippen LogP contribution in [0.25, 0.3) is 0 Å². The summed E-state index contributed by atoms with van der Waals surface area (Å²) in [5.74, 6) is 0. The van der Waals surface area contributed by atoms with Crippen molar-refractivity contribution in [3.05, 3.63) is 10.1 Å². The van der Waals surface area contributed by atoms with E-state index >= 15 is 0 Å². The van der Waals surface area contributed by atoms with Crippen molar-refractivity contribution in [1.82, 2.24) is 5.06 Å². The van der Waals surface area contributed by atoms with E-state index in [2.05, 4.69) is 4.84 Å². The largest absolute Gasteiger partial charge is 0.304 e. The van der Waals surface area contributed by atoms with E-state index in [1.165, 1.54) is 12.2 Å². The van der Waals surface area contributed by atoms with Gasteiger partial charge in [-0.1, -0.05) is 0 Å². The van der Waals surface area contributed by atoms with Gasteiger partial charge in [0, 0.05) is 4.92 Å². The summed E-state index contributed by atoms with van der Waals surface area (Å²) in [6.45, 7) is 0.420. The molecular weight excluding hydrogens is 112 g/mol. The highest BCUT2D eigenvalue weighted by Gasteiger charge is 2.46. The first-order chi connectivity index (χ1) is 3.75. The van der Waals surface area contributed by atoms with Crippen molar-refractivity contribution in [2.75, 3.05) is 13.7 Å². The number of hydrogen-bond donors (Lipinski definition) is 0. The van der Waals surface area contributed by atoms with Crippen LogP contribution in [0.5, 0.6) is 0 Å². The van der Waals surface area contributed by atoms with Gasteiger partial charge in [0.25, 0.3) is 0 Å². The van der Waals surface area contributed by atoms with Gasteiger partial charge in [0.05, 0.1) is 7.11 Å². The lowest BCUT2D eigenvalue weighted by Crippen LogP contribution is -2.09. The van der Waals surface area contributed by atoms with Crippen LogP contribution in [0.3, 0.4) is 0 Å². The molecule has 1 heterocycles. The summed E-state index contributed by atoms with van der Waals surface area (Å²) in [4.78, 5) is 14.0. The third kappa shape index (κ3) is 0.775. The highest BCUT2D eigenvalue weighted by Crippen LogP contribution is 2.15. The van der Waals surface area contributed by atoms with Gasteiger partial charge in [-0.2, -0.15) is 0 Å². The molecule has 1 aliphatic heterocycles. The Morgan fingerprint density at radius 2 is 2.62 bits per heavy atom. The molecule has 0 aromatic heterocycles. The molecule has 5 heteroatoms. The van der Waals surface area contributed by atoms with Gasteiger partial charge in [-0.15, -0.1) is 5.06 Å². The SMILES string of the molecule is CON1CC1[N+](=O)[O-]. The molecule has 1 rings (SSSR count). The summed E-state index contributed by atoms with van der Waals surface area (Å²) < 4.78 is 0. The van der Waals surface area contributed by atoms with Crippen LogP contribution >= 0.6 is 0 Å². The van der Waals surface area contributed by atoms with Crippen LogP contribution in [-0.2, 0) is 4.84 Å². The van der Waals surface area contributed by atoms with Crippen molar-refractivity contribution < 1.29 is 9.76 Å². The Hall–Kier alpha value is -0.680. The fourth-order valence-corrected chi connectivity index (χ4v) is 0.482. The van der Waals surface area contributed by atoms with Crippen LogP contribution in [0.15, 0.2) is 0 Å². The van der Waals surface area contributed by atoms with Crippen molar-refractivity contribution in [2.24, 2.45) is 0 Å². The lowest BCUT2D eigenvalue weighted by atomic mass is 10.8. The first kappa shape index (κ1) is 5.46. The van der Waals surface area contributed by atoms with E-state index in [4.69, 9.17) is 0 Å². The maximum Gasteiger partial charge on any atom is 0.304 e. The first-order valence-corrected chi connectivity index (χ1v) is 2.20. The van der Waals surface area contributed by atoms with Crippen LogP contribution in [0, 0.1) is 10.1 Å². The third-order valence-corrected chi connectivity index (χ3v) is 1.02. The van der Waals surface area contributed by atoms with Gasteiger partial charge in [-0.3, -0.25) is 15.0 Å². The molecule has 2 unspecified atom stereocenters. The van der Waals surface area contributed by atoms with Gasteiger partial charge in [0.15, 0.2) is 0 Å². The summed E-state index contributed by atoms with van der Waals surface area (Å²) in [6.07, 6.45) is -0.583. The fraction of sp³-hybridized carbons (Fsp3) is 1.00. The molecule has 0 spiro atoms. The summed E-state index contributed by atoms with van der Waals surface area (Å²) in [5.41, 5.74) is 0. The molecule has 0 saturated carbocycles. The van der Waals surface area contributed by atoms with E-state index in [9.17, 15) is 10.1 Å². The van der Waals surface area contributed by atoms with Crippen molar-refractivity contribution in [3.63, 3.8) is 0 Å². The van der Waals surface area contributed by atoms with Crippen LogP contribution in [-0.4, -0.2) is 29.8 Å². The Morgan fingerprint density at radius 1 is 2.00 bits per heavy atom. The van der Waals surface area contributed by atoms with Crippen LogP contribution in [0.1, 0.15) is 0 Å². The van der Waals surface area contributed by atoms with Crippen molar-refractivity contribution >= 4 is 0 Å². The lowest BCUT2D eigenvalue weighted by Gasteiger charge is -1.89. The molecule has 0 amide bonds. The molecule has 0 radical (unpaired) electrons. The zero-order chi connectivity index (χ0) is 6.15. The molecule has 1 saturated heterocycles. The Labute approximate surface area is 45.9 Å². The molecule has 5 nitrogen and oxygen atoms in total. The topological polar surface area (TPSA) is 55.4 Å². The van der Waals surface area contributed by atoms with Gasteiger partial charge >= 0.3 is 6.17 Å². The second-order valence-electron chi connectivity index (χ2n) is 1.55. The second kappa shape index (κ2) is 1.68. The van der Waals surface area contributed by atoms with E-state index in [1.54, 1.807) is 0 Å². The van der Waals surface area contributed by atoms with Crippen molar-refractivity contribution in [1.29, 1.82) is 0 Å². The molecule has 0 aliphatic carbocycles. The molecule has 0 aromatic carbocycles. The summed E-state index contributed by atoms with van der Waals surface area (Å²) >= 11 is 0. The van der Waals surface area contributed by atoms with E-state index in [1.807, 2.05) is 0 Å². The van der Waals surface area contributed by atoms with Gasteiger partial charge in [-0.05, 0) is 0 Å². The van der Waals surface area contributed by atoms with Crippen LogP contribution < -0.4 is 0 Å². The molecule has 1 aliphatic rings. The highest BCUT2D eigenvalue weighted by atomic mass is 16.7.